The minimum absolute atomic E-state index is 0.0682. The molecule has 1 atom stereocenters. The maximum Gasteiger partial charge on any atom is 0.258 e. The van der Waals surface area contributed by atoms with Crippen molar-refractivity contribution in [2.24, 2.45) is 0 Å². The average molecular weight is 345 g/mol. The number of quaternary nitrogens is 1. The van der Waals surface area contributed by atoms with E-state index in [2.05, 4.69) is 49.1 Å². The molecule has 0 spiro atoms. The number of ether oxygens (including phenoxy) is 1. The van der Waals surface area contributed by atoms with Gasteiger partial charge in [0.25, 0.3) is 5.91 Å². The average Bonchev–Trinajstić information content (AvgIpc) is 3.23. The molecule has 2 aromatic rings. The SMILES string of the molecule is C[NH+](C)[C@@H](CNC(=O)COc1ccc2c(c1)CCC2)c1cccs1. The van der Waals surface area contributed by atoms with E-state index in [1.807, 2.05) is 6.07 Å². The molecule has 1 heterocycles. The van der Waals surface area contributed by atoms with E-state index in [0.717, 1.165) is 18.6 Å². The second kappa shape index (κ2) is 7.81. The van der Waals surface area contributed by atoms with Gasteiger partial charge >= 0.3 is 0 Å². The molecule has 128 valence electrons. The number of hydrogen-bond acceptors (Lipinski definition) is 3. The summed E-state index contributed by atoms with van der Waals surface area (Å²) in [6.07, 6.45) is 3.50. The number of fused-ring (bicyclic) bond motifs is 1. The van der Waals surface area contributed by atoms with Gasteiger partial charge in [-0.05, 0) is 54.0 Å². The van der Waals surface area contributed by atoms with Gasteiger partial charge in [-0.25, -0.2) is 0 Å². The minimum Gasteiger partial charge on any atom is -0.484 e. The molecule has 1 aromatic carbocycles. The Hall–Kier alpha value is -1.85. The van der Waals surface area contributed by atoms with Crippen molar-refractivity contribution in [2.75, 3.05) is 27.2 Å². The van der Waals surface area contributed by atoms with Gasteiger partial charge in [0.2, 0.25) is 0 Å². The first kappa shape index (κ1) is 17.0. The lowest BCUT2D eigenvalue weighted by Gasteiger charge is -2.20. The summed E-state index contributed by atoms with van der Waals surface area (Å²) in [6.45, 7) is 0.688. The van der Waals surface area contributed by atoms with Crippen molar-refractivity contribution in [1.29, 1.82) is 0 Å². The summed E-state index contributed by atoms with van der Waals surface area (Å²) < 4.78 is 5.66. The predicted molar refractivity (Wildman–Crippen MR) is 96.8 cm³/mol. The standard InChI is InChI=1S/C19H24N2O2S/c1-21(2)17(18-7-4-10-24-18)12-20-19(22)13-23-16-9-8-14-5-3-6-15(14)11-16/h4,7-11,17H,3,5-6,12-13H2,1-2H3,(H,20,22)/p+1/t17-/m0/s1. The molecule has 0 bridgehead atoms. The Kier molecular flexibility index (Phi) is 5.53. The van der Waals surface area contributed by atoms with Crippen molar-refractivity contribution in [3.8, 4) is 5.75 Å². The van der Waals surface area contributed by atoms with Gasteiger partial charge in [0.05, 0.1) is 25.5 Å². The monoisotopic (exact) mass is 345 g/mol. The molecule has 0 unspecified atom stereocenters. The van der Waals surface area contributed by atoms with E-state index < -0.39 is 0 Å². The van der Waals surface area contributed by atoms with Gasteiger partial charge in [-0.1, -0.05) is 12.1 Å². The van der Waals surface area contributed by atoms with Crippen LogP contribution in [0.2, 0.25) is 0 Å². The summed E-state index contributed by atoms with van der Waals surface area (Å²) in [5.41, 5.74) is 2.78. The van der Waals surface area contributed by atoms with Crippen LogP contribution < -0.4 is 15.0 Å². The molecule has 1 amide bonds. The number of amides is 1. The lowest BCUT2D eigenvalue weighted by atomic mass is 10.1. The molecule has 5 heteroatoms. The fourth-order valence-electron chi connectivity index (χ4n) is 3.13. The number of hydrogen-bond donors (Lipinski definition) is 2. The normalized spacial score (nSPS) is 14.5. The number of thiophene rings is 1. The first-order chi connectivity index (χ1) is 11.6. The first-order valence-electron chi connectivity index (χ1n) is 8.48. The smallest absolute Gasteiger partial charge is 0.258 e. The van der Waals surface area contributed by atoms with Gasteiger partial charge in [-0.15, -0.1) is 11.3 Å². The molecule has 1 aliphatic carbocycles. The zero-order valence-electron chi connectivity index (χ0n) is 14.3. The molecule has 1 aromatic heterocycles. The molecule has 4 nitrogen and oxygen atoms in total. The van der Waals surface area contributed by atoms with E-state index in [1.165, 1.54) is 27.3 Å². The van der Waals surface area contributed by atoms with Crippen molar-refractivity contribution < 1.29 is 14.4 Å². The van der Waals surface area contributed by atoms with Crippen LogP contribution in [0, 0.1) is 0 Å². The van der Waals surface area contributed by atoms with Crippen molar-refractivity contribution >= 4 is 17.2 Å². The quantitative estimate of drug-likeness (QED) is 0.801. The molecule has 0 radical (unpaired) electrons. The molecule has 0 saturated carbocycles. The third-order valence-corrected chi connectivity index (χ3v) is 5.51. The molecule has 0 fully saturated rings. The second-order valence-electron chi connectivity index (χ2n) is 6.52. The summed E-state index contributed by atoms with van der Waals surface area (Å²) >= 11 is 1.73. The van der Waals surface area contributed by atoms with E-state index in [-0.39, 0.29) is 18.6 Å². The van der Waals surface area contributed by atoms with Crippen LogP contribution in [0.1, 0.15) is 28.5 Å². The van der Waals surface area contributed by atoms with E-state index in [9.17, 15) is 4.79 Å². The lowest BCUT2D eigenvalue weighted by molar-refractivity contribution is -0.890. The van der Waals surface area contributed by atoms with Crippen LogP contribution in [0.15, 0.2) is 35.7 Å². The highest BCUT2D eigenvalue weighted by Crippen LogP contribution is 2.25. The number of rotatable bonds is 7. The summed E-state index contributed by atoms with van der Waals surface area (Å²) in [5, 5.41) is 5.07. The van der Waals surface area contributed by atoms with Gasteiger partial charge in [0.1, 0.15) is 11.8 Å². The highest BCUT2D eigenvalue weighted by Gasteiger charge is 2.19. The number of nitrogens with one attached hydrogen (secondary N) is 2. The van der Waals surface area contributed by atoms with Crippen LogP contribution in [0.5, 0.6) is 5.75 Å². The largest absolute Gasteiger partial charge is 0.484 e. The fourth-order valence-corrected chi connectivity index (χ4v) is 4.09. The number of aryl methyl sites for hydroxylation is 2. The van der Waals surface area contributed by atoms with Crippen LogP contribution in [0.25, 0.3) is 0 Å². The Morgan fingerprint density at radius 2 is 2.12 bits per heavy atom. The highest BCUT2D eigenvalue weighted by atomic mass is 32.1. The Bertz CT molecular complexity index is 683. The second-order valence-corrected chi connectivity index (χ2v) is 7.50. The summed E-state index contributed by atoms with van der Waals surface area (Å²) in [4.78, 5) is 14.7. The Morgan fingerprint density at radius 3 is 2.88 bits per heavy atom. The third kappa shape index (κ3) is 4.16. The lowest BCUT2D eigenvalue weighted by Crippen LogP contribution is -3.06. The molecule has 0 aliphatic heterocycles. The van der Waals surface area contributed by atoms with Gasteiger partial charge in [0, 0.05) is 0 Å². The van der Waals surface area contributed by atoms with Gasteiger partial charge < -0.3 is 15.0 Å². The Morgan fingerprint density at radius 1 is 1.29 bits per heavy atom. The fraction of sp³-hybridized carbons (Fsp3) is 0.421. The van der Waals surface area contributed by atoms with E-state index >= 15 is 0 Å². The minimum atomic E-state index is -0.0710. The van der Waals surface area contributed by atoms with Crippen LogP contribution in [0.4, 0.5) is 0 Å². The predicted octanol–water partition coefficient (Wildman–Crippen LogP) is 1.62. The Labute approximate surface area is 147 Å². The van der Waals surface area contributed by atoms with Crippen molar-refractivity contribution in [1.82, 2.24) is 5.32 Å². The maximum absolute atomic E-state index is 12.1. The van der Waals surface area contributed by atoms with E-state index in [1.54, 1.807) is 11.3 Å². The summed E-state index contributed by atoms with van der Waals surface area (Å²) in [5.74, 6) is 0.720. The van der Waals surface area contributed by atoms with Crippen molar-refractivity contribution in [2.45, 2.75) is 25.3 Å². The zero-order valence-corrected chi connectivity index (χ0v) is 15.1. The molecular formula is C19H25N2O2S+. The number of carbonyl (C=O) groups excluding carboxylic acids is 1. The summed E-state index contributed by atoms with van der Waals surface area (Å²) in [6, 6.07) is 10.6. The van der Waals surface area contributed by atoms with E-state index in [4.69, 9.17) is 4.74 Å². The highest BCUT2D eigenvalue weighted by molar-refractivity contribution is 7.10. The molecule has 0 saturated heterocycles. The van der Waals surface area contributed by atoms with Crippen LogP contribution in [0.3, 0.4) is 0 Å². The molecule has 3 rings (SSSR count). The van der Waals surface area contributed by atoms with Crippen LogP contribution in [-0.2, 0) is 17.6 Å². The number of benzene rings is 1. The van der Waals surface area contributed by atoms with Gasteiger partial charge in [-0.2, -0.15) is 0 Å². The first-order valence-corrected chi connectivity index (χ1v) is 9.36. The number of carbonyl (C=O) groups is 1. The molecule has 1 aliphatic rings. The number of likely N-dealkylation sites (N-methyl/N-ethyl adjacent to an activating group) is 1. The topological polar surface area (TPSA) is 42.8 Å². The maximum atomic E-state index is 12.1. The van der Waals surface area contributed by atoms with Gasteiger partial charge in [-0.3, -0.25) is 4.79 Å². The van der Waals surface area contributed by atoms with Gasteiger partial charge in [0.15, 0.2) is 6.61 Å². The Balaban J connectivity index is 1.49. The molecular weight excluding hydrogens is 320 g/mol. The van der Waals surface area contributed by atoms with Crippen molar-refractivity contribution in [3.63, 3.8) is 0 Å². The summed E-state index contributed by atoms with van der Waals surface area (Å²) in [7, 11) is 4.22. The molecule has 24 heavy (non-hydrogen) atoms. The van der Waals surface area contributed by atoms with E-state index in [0.29, 0.717) is 6.54 Å². The molecule has 2 N–H and O–H groups in total. The zero-order chi connectivity index (χ0) is 16.9. The van der Waals surface area contributed by atoms with Crippen molar-refractivity contribution in [3.05, 3.63) is 51.7 Å². The van der Waals surface area contributed by atoms with Crippen LogP contribution in [-0.4, -0.2) is 33.2 Å². The van der Waals surface area contributed by atoms with Crippen LogP contribution >= 0.6 is 11.3 Å². The third-order valence-electron chi connectivity index (χ3n) is 4.53.